The lowest BCUT2D eigenvalue weighted by molar-refractivity contribution is -0.111. The SMILES string of the molecule is OCCCCCOC1CCCO1. The molecule has 1 fully saturated rings. The third-order valence-electron chi connectivity index (χ3n) is 1.99. The molecule has 1 aliphatic rings. The molecule has 0 aromatic carbocycles. The maximum atomic E-state index is 8.51. The molecule has 1 heterocycles. The maximum Gasteiger partial charge on any atom is 0.157 e. The summed E-state index contributed by atoms with van der Waals surface area (Å²) >= 11 is 0. The number of hydrogen-bond donors (Lipinski definition) is 1. The van der Waals surface area contributed by atoms with Crippen molar-refractivity contribution in [1.82, 2.24) is 0 Å². The van der Waals surface area contributed by atoms with Gasteiger partial charge in [0.05, 0.1) is 0 Å². The third kappa shape index (κ3) is 4.04. The summed E-state index contributed by atoms with van der Waals surface area (Å²) in [5.74, 6) is 0. The largest absolute Gasteiger partial charge is 0.396 e. The third-order valence-corrected chi connectivity index (χ3v) is 1.99. The first-order chi connectivity index (χ1) is 5.93. The van der Waals surface area contributed by atoms with Gasteiger partial charge in [-0.1, -0.05) is 0 Å². The van der Waals surface area contributed by atoms with Gasteiger partial charge in [-0.2, -0.15) is 0 Å². The quantitative estimate of drug-likeness (QED) is 0.617. The summed E-state index contributed by atoms with van der Waals surface area (Å²) in [5, 5.41) is 8.51. The minimum Gasteiger partial charge on any atom is -0.396 e. The highest BCUT2D eigenvalue weighted by Crippen LogP contribution is 2.13. The fourth-order valence-corrected chi connectivity index (χ4v) is 1.28. The van der Waals surface area contributed by atoms with Crippen molar-refractivity contribution in [3.05, 3.63) is 0 Å². The van der Waals surface area contributed by atoms with E-state index >= 15 is 0 Å². The monoisotopic (exact) mass is 174 g/mol. The van der Waals surface area contributed by atoms with Crippen LogP contribution in [0.2, 0.25) is 0 Å². The minimum absolute atomic E-state index is 0.0547. The summed E-state index contributed by atoms with van der Waals surface area (Å²) in [6, 6.07) is 0. The van der Waals surface area contributed by atoms with Crippen molar-refractivity contribution >= 4 is 0 Å². The minimum atomic E-state index is 0.0547. The van der Waals surface area contributed by atoms with Gasteiger partial charge in [0, 0.05) is 26.2 Å². The number of aliphatic hydroxyl groups is 1. The second-order valence-corrected chi connectivity index (χ2v) is 3.10. The second-order valence-electron chi connectivity index (χ2n) is 3.10. The molecule has 1 N–H and O–H groups in total. The number of ether oxygens (including phenoxy) is 2. The molecule has 1 unspecified atom stereocenters. The highest BCUT2D eigenvalue weighted by molar-refractivity contribution is 4.54. The van der Waals surface area contributed by atoms with Gasteiger partial charge >= 0.3 is 0 Å². The summed E-state index contributed by atoms with van der Waals surface area (Å²) < 4.78 is 10.7. The Morgan fingerprint density at radius 1 is 1.33 bits per heavy atom. The molecule has 0 saturated carbocycles. The Bertz CT molecular complexity index is 99.9. The first kappa shape index (κ1) is 9.96. The van der Waals surface area contributed by atoms with Crippen LogP contribution >= 0.6 is 0 Å². The van der Waals surface area contributed by atoms with Crippen LogP contribution in [0, 0.1) is 0 Å². The van der Waals surface area contributed by atoms with Crippen LogP contribution in [0.4, 0.5) is 0 Å². The molecular formula is C9H18O3. The van der Waals surface area contributed by atoms with Gasteiger partial charge in [0.2, 0.25) is 0 Å². The van der Waals surface area contributed by atoms with Gasteiger partial charge in [0.25, 0.3) is 0 Å². The lowest BCUT2D eigenvalue weighted by Gasteiger charge is -2.09. The maximum absolute atomic E-state index is 8.51. The van der Waals surface area contributed by atoms with Gasteiger partial charge < -0.3 is 14.6 Å². The lowest BCUT2D eigenvalue weighted by Crippen LogP contribution is -2.11. The average molecular weight is 174 g/mol. The molecule has 1 aliphatic heterocycles. The first-order valence-electron chi connectivity index (χ1n) is 4.77. The zero-order valence-electron chi connectivity index (χ0n) is 7.50. The summed E-state index contributed by atoms with van der Waals surface area (Å²) in [7, 11) is 0. The molecule has 0 spiro atoms. The van der Waals surface area contributed by atoms with E-state index in [1.54, 1.807) is 0 Å². The zero-order valence-corrected chi connectivity index (χ0v) is 7.50. The van der Waals surface area contributed by atoms with Crippen molar-refractivity contribution in [3.63, 3.8) is 0 Å². The van der Waals surface area contributed by atoms with E-state index in [0.29, 0.717) is 6.61 Å². The smallest absolute Gasteiger partial charge is 0.157 e. The Morgan fingerprint density at radius 3 is 2.92 bits per heavy atom. The van der Waals surface area contributed by atoms with E-state index < -0.39 is 0 Å². The molecule has 0 aromatic rings. The standard InChI is InChI=1S/C9H18O3/c10-6-2-1-3-7-11-9-5-4-8-12-9/h9-10H,1-8H2. The van der Waals surface area contributed by atoms with Gasteiger partial charge in [-0.15, -0.1) is 0 Å². The zero-order chi connectivity index (χ0) is 8.65. The Morgan fingerprint density at radius 2 is 2.25 bits per heavy atom. The van der Waals surface area contributed by atoms with Crippen molar-refractivity contribution < 1.29 is 14.6 Å². The summed E-state index contributed by atoms with van der Waals surface area (Å²) in [6.45, 7) is 1.91. The van der Waals surface area contributed by atoms with Crippen LogP contribution in [-0.2, 0) is 9.47 Å². The second kappa shape index (κ2) is 6.40. The predicted octanol–water partition coefficient (Wildman–Crippen LogP) is 1.30. The fraction of sp³-hybridized carbons (Fsp3) is 1.00. The number of rotatable bonds is 6. The normalized spacial score (nSPS) is 23.2. The Balaban J connectivity index is 1.81. The molecule has 1 atom stereocenters. The van der Waals surface area contributed by atoms with Gasteiger partial charge in [-0.25, -0.2) is 0 Å². The van der Waals surface area contributed by atoms with E-state index in [-0.39, 0.29) is 6.29 Å². The summed E-state index contributed by atoms with van der Waals surface area (Å²) in [5.41, 5.74) is 0. The predicted molar refractivity (Wildman–Crippen MR) is 45.9 cm³/mol. The highest BCUT2D eigenvalue weighted by atomic mass is 16.7. The number of aliphatic hydroxyl groups excluding tert-OH is 1. The first-order valence-corrected chi connectivity index (χ1v) is 4.77. The van der Waals surface area contributed by atoms with Crippen molar-refractivity contribution in [2.45, 2.75) is 38.4 Å². The van der Waals surface area contributed by atoms with Crippen molar-refractivity contribution in [2.24, 2.45) is 0 Å². The van der Waals surface area contributed by atoms with E-state index in [1.165, 1.54) is 0 Å². The molecular weight excluding hydrogens is 156 g/mol. The van der Waals surface area contributed by atoms with E-state index in [1.807, 2.05) is 0 Å². The van der Waals surface area contributed by atoms with Crippen LogP contribution in [-0.4, -0.2) is 31.2 Å². The molecule has 3 heteroatoms. The van der Waals surface area contributed by atoms with Gasteiger partial charge in [-0.05, 0) is 25.7 Å². The molecule has 3 nitrogen and oxygen atoms in total. The van der Waals surface area contributed by atoms with E-state index in [9.17, 15) is 0 Å². The van der Waals surface area contributed by atoms with Crippen molar-refractivity contribution in [3.8, 4) is 0 Å². The van der Waals surface area contributed by atoms with Crippen LogP contribution in [0.25, 0.3) is 0 Å². The Hall–Kier alpha value is -0.120. The summed E-state index contributed by atoms with van der Waals surface area (Å²) in [6.07, 6.45) is 5.18. The van der Waals surface area contributed by atoms with Gasteiger partial charge in [-0.3, -0.25) is 0 Å². The molecule has 0 aliphatic carbocycles. The van der Waals surface area contributed by atoms with Crippen molar-refractivity contribution in [2.75, 3.05) is 19.8 Å². The van der Waals surface area contributed by atoms with E-state index in [0.717, 1.165) is 45.3 Å². The van der Waals surface area contributed by atoms with Gasteiger partial charge in [0.15, 0.2) is 6.29 Å². The van der Waals surface area contributed by atoms with Crippen LogP contribution in [0.3, 0.4) is 0 Å². The molecule has 72 valence electrons. The van der Waals surface area contributed by atoms with E-state index in [2.05, 4.69) is 0 Å². The molecule has 1 rings (SSSR count). The van der Waals surface area contributed by atoms with E-state index in [4.69, 9.17) is 14.6 Å². The van der Waals surface area contributed by atoms with Crippen LogP contribution in [0.15, 0.2) is 0 Å². The van der Waals surface area contributed by atoms with Crippen molar-refractivity contribution in [1.29, 1.82) is 0 Å². The molecule has 0 radical (unpaired) electrons. The van der Waals surface area contributed by atoms with Crippen LogP contribution < -0.4 is 0 Å². The Labute approximate surface area is 73.7 Å². The number of unbranched alkanes of at least 4 members (excludes halogenated alkanes) is 2. The van der Waals surface area contributed by atoms with Crippen LogP contribution in [0.1, 0.15) is 32.1 Å². The highest BCUT2D eigenvalue weighted by Gasteiger charge is 2.14. The fourth-order valence-electron chi connectivity index (χ4n) is 1.28. The molecule has 0 bridgehead atoms. The summed E-state index contributed by atoms with van der Waals surface area (Å²) in [4.78, 5) is 0. The average Bonchev–Trinajstić information content (AvgIpc) is 2.57. The van der Waals surface area contributed by atoms with Crippen LogP contribution in [0.5, 0.6) is 0 Å². The Kier molecular flexibility index (Phi) is 5.32. The lowest BCUT2D eigenvalue weighted by atomic mass is 10.2. The topological polar surface area (TPSA) is 38.7 Å². The molecule has 1 saturated heterocycles. The molecule has 0 amide bonds. The molecule has 0 aromatic heterocycles. The van der Waals surface area contributed by atoms with Gasteiger partial charge in [0.1, 0.15) is 0 Å². The molecule has 12 heavy (non-hydrogen) atoms. The number of hydrogen-bond acceptors (Lipinski definition) is 3.